The third-order valence-corrected chi connectivity index (χ3v) is 3.71. The lowest BCUT2D eigenvalue weighted by atomic mass is 9.97. The monoisotopic (exact) mass is 340 g/mol. The molecule has 1 heterocycles. The van der Waals surface area contributed by atoms with Crippen molar-refractivity contribution in [1.82, 2.24) is 10.3 Å². The highest BCUT2D eigenvalue weighted by molar-refractivity contribution is 9.10. The third-order valence-electron chi connectivity index (χ3n) is 3.09. The van der Waals surface area contributed by atoms with Crippen molar-refractivity contribution in [2.24, 2.45) is 0 Å². The van der Waals surface area contributed by atoms with E-state index in [4.69, 9.17) is 0 Å². The zero-order valence-corrected chi connectivity index (χ0v) is 13.1. The van der Waals surface area contributed by atoms with Crippen molar-refractivity contribution < 1.29 is 8.78 Å². The number of nitrogens with one attached hydrogen (secondary N) is 1. The zero-order valence-electron chi connectivity index (χ0n) is 11.5. The van der Waals surface area contributed by atoms with E-state index in [-0.39, 0.29) is 10.0 Å². The fraction of sp³-hybridized carbons (Fsp3) is 0.267. The minimum atomic E-state index is -0.587. The Labute approximate surface area is 125 Å². The summed E-state index contributed by atoms with van der Waals surface area (Å²) in [5.41, 5.74) is 2.42. The second-order valence-electron chi connectivity index (χ2n) is 4.66. The molecule has 2 nitrogen and oxygen atoms in total. The Morgan fingerprint density at radius 2 is 1.75 bits per heavy atom. The second-order valence-corrected chi connectivity index (χ2v) is 5.52. The highest BCUT2D eigenvalue weighted by Crippen LogP contribution is 2.31. The summed E-state index contributed by atoms with van der Waals surface area (Å²) in [6, 6.07) is 5.72. The maximum atomic E-state index is 14.2. The molecule has 0 aliphatic carbocycles. The average molecular weight is 341 g/mol. The molecule has 2 rings (SSSR count). The zero-order chi connectivity index (χ0) is 14.9. The molecule has 0 aliphatic rings. The van der Waals surface area contributed by atoms with Crippen molar-refractivity contribution >= 4 is 15.9 Å². The van der Waals surface area contributed by atoms with Gasteiger partial charge in [0.2, 0.25) is 0 Å². The molecule has 0 fully saturated rings. The van der Waals surface area contributed by atoms with Crippen LogP contribution in [0.3, 0.4) is 0 Å². The van der Waals surface area contributed by atoms with Crippen molar-refractivity contribution in [2.75, 3.05) is 7.05 Å². The molecule has 0 radical (unpaired) electrons. The van der Waals surface area contributed by atoms with Gasteiger partial charge in [0.25, 0.3) is 0 Å². The molecule has 1 unspecified atom stereocenters. The first-order valence-corrected chi connectivity index (χ1v) is 6.99. The Kier molecular flexibility index (Phi) is 4.50. The van der Waals surface area contributed by atoms with E-state index in [1.807, 2.05) is 26.0 Å². The van der Waals surface area contributed by atoms with Gasteiger partial charge in [-0.1, -0.05) is 0 Å². The van der Waals surface area contributed by atoms with Gasteiger partial charge in [-0.05, 0) is 66.7 Å². The molecular weight excluding hydrogens is 326 g/mol. The summed E-state index contributed by atoms with van der Waals surface area (Å²) in [4.78, 5) is 4.28. The number of hydrogen-bond acceptors (Lipinski definition) is 2. The fourth-order valence-electron chi connectivity index (χ4n) is 2.32. The van der Waals surface area contributed by atoms with E-state index in [2.05, 4.69) is 26.2 Å². The normalized spacial score (nSPS) is 12.5. The summed E-state index contributed by atoms with van der Waals surface area (Å²) in [7, 11) is 1.68. The van der Waals surface area contributed by atoms with E-state index in [0.29, 0.717) is 0 Å². The number of nitrogens with zero attached hydrogens (tertiary/aromatic N) is 1. The van der Waals surface area contributed by atoms with Crippen LogP contribution in [0, 0.1) is 25.5 Å². The molecule has 5 heteroatoms. The van der Waals surface area contributed by atoms with E-state index < -0.39 is 17.7 Å². The molecule has 0 saturated carbocycles. The van der Waals surface area contributed by atoms with Crippen molar-refractivity contribution in [3.8, 4) is 0 Å². The van der Waals surface area contributed by atoms with Crippen molar-refractivity contribution in [1.29, 1.82) is 0 Å². The van der Waals surface area contributed by atoms with Gasteiger partial charge >= 0.3 is 0 Å². The molecule has 1 aromatic heterocycles. The number of benzene rings is 1. The van der Waals surface area contributed by atoms with Crippen LogP contribution in [0.15, 0.2) is 28.7 Å². The van der Waals surface area contributed by atoms with Gasteiger partial charge in [-0.3, -0.25) is 4.98 Å². The standard InChI is InChI=1S/C15H15BrF2N2/c1-8-6-10(7-9(2)20-8)15(19-3)13-12(17)5-4-11(16)14(13)18/h4-7,15,19H,1-3H3. The van der Waals surface area contributed by atoms with E-state index >= 15 is 0 Å². The fourth-order valence-corrected chi connectivity index (χ4v) is 2.66. The molecule has 0 bridgehead atoms. The topological polar surface area (TPSA) is 24.9 Å². The van der Waals surface area contributed by atoms with Gasteiger partial charge in [0.05, 0.1) is 10.5 Å². The van der Waals surface area contributed by atoms with Gasteiger partial charge in [0.15, 0.2) is 0 Å². The summed E-state index contributed by atoms with van der Waals surface area (Å²) in [6.45, 7) is 3.72. The van der Waals surface area contributed by atoms with Crippen LogP contribution in [0.4, 0.5) is 8.78 Å². The smallest absolute Gasteiger partial charge is 0.145 e. The van der Waals surface area contributed by atoms with Gasteiger partial charge in [-0.15, -0.1) is 0 Å². The highest BCUT2D eigenvalue weighted by atomic mass is 79.9. The SMILES string of the molecule is CNC(c1cc(C)nc(C)c1)c1c(F)ccc(Br)c1F. The molecule has 1 N–H and O–H groups in total. The van der Waals surface area contributed by atoms with Crippen LogP contribution in [0.1, 0.15) is 28.6 Å². The van der Waals surface area contributed by atoms with E-state index in [1.165, 1.54) is 12.1 Å². The van der Waals surface area contributed by atoms with Crippen molar-refractivity contribution in [2.45, 2.75) is 19.9 Å². The van der Waals surface area contributed by atoms with Crippen molar-refractivity contribution in [3.05, 3.63) is 62.9 Å². The Bertz CT molecular complexity index is 624. The van der Waals surface area contributed by atoms with Gasteiger partial charge in [0.1, 0.15) is 11.6 Å². The minimum Gasteiger partial charge on any atom is -0.309 e. The molecule has 0 amide bonds. The predicted octanol–water partition coefficient (Wildman–Crippen LogP) is 4.05. The van der Waals surface area contributed by atoms with Crippen LogP contribution < -0.4 is 5.32 Å². The number of pyridine rings is 1. The van der Waals surface area contributed by atoms with Crippen LogP contribution in [0.25, 0.3) is 0 Å². The second kappa shape index (κ2) is 5.97. The van der Waals surface area contributed by atoms with E-state index in [1.54, 1.807) is 7.05 Å². The number of halogens is 3. The molecule has 0 saturated heterocycles. The molecule has 20 heavy (non-hydrogen) atoms. The lowest BCUT2D eigenvalue weighted by Gasteiger charge is -2.20. The Balaban J connectivity index is 2.61. The lowest BCUT2D eigenvalue weighted by Crippen LogP contribution is -2.21. The minimum absolute atomic E-state index is 0.00637. The lowest BCUT2D eigenvalue weighted by molar-refractivity contribution is 0.518. The summed E-state index contributed by atoms with van der Waals surface area (Å²) in [5.74, 6) is -1.16. The summed E-state index contributed by atoms with van der Waals surface area (Å²) in [5, 5.41) is 2.97. The van der Waals surface area contributed by atoms with E-state index in [0.717, 1.165) is 17.0 Å². The molecule has 2 aromatic rings. The van der Waals surface area contributed by atoms with E-state index in [9.17, 15) is 8.78 Å². The maximum absolute atomic E-state index is 14.2. The molecule has 1 aromatic carbocycles. The Morgan fingerprint density at radius 1 is 1.15 bits per heavy atom. The summed E-state index contributed by atoms with van der Waals surface area (Å²) >= 11 is 3.10. The van der Waals surface area contributed by atoms with Crippen LogP contribution in [-0.4, -0.2) is 12.0 Å². The van der Waals surface area contributed by atoms with Gasteiger partial charge in [-0.25, -0.2) is 8.78 Å². The number of hydrogen-bond donors (Lipinski definition) is 1. The van der Waals surface area contributed by atoms with Crippen LogP contribution in [0.2, 0.25) is 0 Å². The molecule has 0 spiro atoms. The van der Waals surface area contributed by atoms with Crippen LogP contribution >= 0.6 is 15.9 Å². The Morgan fingerprint density at radius 3 is 2.30 bits per heavy atom. The molecule has 1 atom stereocenters. The maximum Gasteiger partial charge on any atom is 0.145 e. The average Bonchev–Trinajstić information content (AvgIpc) is 2.38. The van der Waals surface area contributed by atoms with Gasteiger partial charge < -0.3 is 5.32 Å². The summed E-state index contributed by atoms with van der Waals surface area (Å²) in [6.07, 6.45) is 0. The predicted molar refractivity (Wildman–Crippen MR) is 78.7 cm³/mol. The van der Waals surface area contributed by atoms with Crippen LogP contribution in [-0.2, 0) is 0 Å². The number of rotatable bonds is 3. The molecular formula is C15H15BrF2N2. The number of aromatic nitrogens is 1. The quantitative estimate of drug-likeness (QED) is 0.852. The van der Waals surface area contributed by atoms with Gasteiger partial charge in [0, 0.05) is 17.0 Å². The first-order chi connectivity index (χ1) is 9.43. The molecule has 106 valence electrons. The number of aryl methyl sites for hydroxylation is 2. The third kappa shape index (κ3) is 2.88. The summed E-state index contributed by atoms with van der Waals surface area (Å²) < 4.78 is 28.5. The van der Waals surface area contributed by atoms with Gasteiger partial charge in [-0.2, -0.15) is 0 Å². The first-order valence-electron chi connectivity index (χ1n) is 6.20. The first kappa shape index (κ1) is 15.1. The largest absolute Gasteiger partial charge is 0.309 e. The highest BCUT2D eigenvalue weighted by Gasteiger charge is 2.22. The van der Waals surface area contributed by atoms with Crippen LogP contribution in [0.5, 0.6) is 0 Å². The Hall–Kier alpha value is -1.33. The molecule has 0 aliphatic heterocycles. The van der Waals surface area contributed by atoms with Crippen molar-refractivity contribution in [3.63, 3.8) is 0 Å².